The molecule has 16 nitrogen and oxygen atoms in total. The number of ether oxygens (including phenoxy) is 6. The van der Waals surface area contributed by atoms with Crippen LogP contribution in [0.15, 0.2) is 0 Å². The van der Waals surface area contributed by atoms with Gasteiger partial charge in [0.1, 0.15) is 54.9 Å². The molecule has 3 rings (SSSR count). The van der Waals surface area contributed by atoms with E-state index in [1.165, 1.54) is 7.11 Å². The van der Waals surface area contributed by atoms with Crippen LogP contribution in [0.5, 0.6) is 0 Å². The van der Waals surface area contributed by atoms with Gasteiger partial charge in [-0.3, -0.25) is 0 Å². The topological polar surface area (TPSA) is 292 Å². The van der Waals surface area contributed by atoms with Gasteiger partial charge in [0.15, 0.2) is 18.9 Å². The van der Waals surface area contributed by atoms with E-state index in [0.29, 0.717) is 0 Å². The van der Waals surface area contributed by atoms with Crippen molar-refractivity contribution in [2.45, 2.75) is 91.9 Å². The number of aliphatic hydroxyl groups is 4. The van der Waals surface area contributed by atoms with E-state index < -0.39 is 91.9 Å². The number of hydrogen-bond donors (Lipinski definition) is 10. The summed E-state index contributed by atoms with van der Waals surface area (Å²) in [6.07, 6.45) is -13.6. The Labute approximate surface area is 275 Å². The number of halogens is 6. The number of aliphatic hydroxyl groups excluding tert-OH is 4. The minimum Gasteiger partial charge on any atom is -0.388 e. The first-order valence-corrected chi connectivity index (χ1v) is 11.5. The van der Waals surface area contributed by atoms with Crippen molar-refractivity contribution in [1.29, 1.82) is 0 Å². The molecule has 22 heteroatoms. The minimum absolute atomic E-state index is 0. The SMILES string of the molecule is CO[C@H]1O[C@H](CN)[C@@H](O[C@H]2O[C@H](CN)[C@@H](O[C@H]3O[C@H](CN)[C@@H](O)[C@H](O)[C@H]3N)[C@H](O)[C@H]2N)[C@H](O)[C@H]1N.Cl.Cl.Cl.Cl.Cl.Cl. The summed E-state index contributed by atoms with van der Waals surface area (Å²) in [5, 5.41) is 41.9. The van der Waals surface area contributed by atoms with Gasteiger partial charge >= 0.3 is 0 Å². The molecule has 254 valence electrons. The molecule has 0 aromatic heterocycles. The molecule has 0 radical (unpaired) electrons. The average molecular weight is 731 g/mol. The highest BCUT2D eigenvalue weighted by atomic mass is 35.5. The largest absolute Gasteiger partial charge is 0.388 e. The molecule has 0 aromatic rings. The summed E-state index contributed by atoms with van der Waals surface area (Å²) >= 11 is 0. The molecular formula is C19H46Cl6N6O10. The first-order valence-electron chi connectivity index (χ1n) is 11.5. The van der Waals surface area contributed by atoms with E-state index in [1.54, 1.807) is 0 Å². The quantitative estimate of drug-likeness (QED) is 0.112. The molecular weight excluding hydrogens is 685 g/mol. The van der Waals surface area contributed by atoms with Gasteiger partial charge in [0.2, 0.25) is 0 Å². The molecule has 3 aliphatic heterocycles. The van der Waals surface area contributed by atoms with E-state index in [4.69, 9.17) is 62.8 Å². The Kier molecular flexibility index (Phi) is 26.0. The van der Waals surface area contributed by atoms with Gasteiger partial charge in [0.05, 0.1) is 18.1 Å². The van der Waals surface area contributed by atoms with Gasteiger partial charge in [-0.15, -0.1) is 74.4 Å². The van der Waals surface area contributed by atoms with Crippen LogP contribution in [0, 0.1) is 0 Å². The summed E-state index contributed by atoms with van der Waals surface area (Å²) in [5.41, 5.74) is 35.4. The maximum Gasteiger partial charge on any atom is 0.176 e. The Morgan fingerprint density at radius 2 is 0.829 bits per heavy atom. The van der Waals surface area contributed by atoms with Gasteiger partial charge < -0.3 is 83.2 Å². The lowest BCUT2D eigenvalue weighted by Crippen LogP contribution is -2.70. The maximum atomic E-state index is 11.0. The van der Waals surface area contributed by atoms with Crippen molar-refractivity contribution in [3.63, 3.8) is 0 Å². The lowest BCUT2D eigenvalue weighted by atomic mass is 9.94. The molecule has 3 heterocycles. The Morgan fingerprint density at radius 1 is 0.512 bits per heavy atom. The number of rotatable bonds is 8. The number of methoxy groups -OCH3 is 1. The van der Waals surface area contributed by atoms with Crippen LogP contribution >= 0.6 is 74.4 Å². The normalized spacial score (nSPS) is 43.8. The zero-order valence-corrected chi connectivity index (χ0v) is 26.8. The minimum atomic E-state index is -1.39. The van der Waals surface area contributed by atoms with Crippen LogP contribution < -0.4 is 34.4 Å². The fourth-order valence-electron chi connectivity index (χ4n) is 4.51. The molecule has 16 N–H and O–H groups in total. The van der Waals surface area contributed by atoms with E-state index in [2.05, 4.69) is 0 Å². The van der Waals surface area contributed by atoms with Crippen LogP contribution in [0.1, 0.15) is 0 Å². The zero-order chi connectivity index (χ0) is 26.0. The van der Waals surface area contributed by atoms with Crippen LogP contribution in [-0.4, -0.2) is 139 Å². The highest BCUT2D eigenvalue weighted by Gasteiger charge is 2.52. The summed E-state index contributed by atoms with van der Waals surface area (Å²) in [6, 6.07) is -3.27. The third kappa shape index (κ3) is 10.6. The van der Waals surface area contributed by atoms with Crippen molar-refractivity contribution < 1.29 is 48.8 Å². The first kappa shape index (κ1) is 49.0. The fraction of sp³-hybridized carbons (Fsp3) is 1.00. The highest BCUT2D eigenvalue weighted by molar-refractivity contribution is 5.86. The van der Waals surface area contributed by atoms with E-state index in [1.807, 2.05) is 0 Å². The van der Waals surface area contributed by atoms with Gasteiger partial charge in [-0.05, 0) is 0 Å². The monoisotopic (exact) mass is 728 g/mol. The molecule has 3 aliphatic rings. The standard InChI is InChI=1S/C19H40N6O10.6ClH/c1-30-17-9(24)13(28)15(6(3-21)32-17)35-19-10(25)14(29)16(7(4-22)33-19)34-18-8(23)12(27)11(26)5(2-20)31-18;;;;;;/h5-19,26-29H,2-4,20-25H2,1H3;6*1H/t5-,6-,7-,8-,9-,10-,11-,12-,13-,14-,15-,16-,17+,18-,19-;;;;;;/m1....../s1. The van der Waals surface area contributed by atoms with Crippen molar-refractivity contribution in [2.75, 3.05) is 26.7 Å². The predicted molar refractivity (Wildman–Crippen MR) is 161 cm³/mol. The summed E-state index contributed by atoms with van der Waals surface area (Å²) < 4.78 is 34.0. The molecule has 0 amide bonds. The van der Waals surface area contributed by atoms with Gasteiger partial charge in [-0.25, -0.2) is 0 Å². The molecule has 0 aromatic carbocycles. The molecule has 41 heavy (non-hydrogen) atoms. The molecule has 15 atom stereocenters. The third-order valence-corrected chi connectivity index (χ3v) is 6.70. The molecule has 0 unspecified atom stereocenters. The Balaban J connectivity index is -0.00000114. The molecule has 0 saturated carbocycles. The second kappa shape index (κ2) is 21.8. The van der Waals surface area contributed by atoms with Crippen molar-refractivity contribution >= 4 is 74.4 Å². The Morgan fingerprint density at radius 3 is 1.20 bits per heavy atom. The molecule has 0 bridgehead atoms. The van der Waals surface area contributed by atoms with Gasteiger partial charge in [0, 0.05) is 26.7 Å². The van der Waals surface area contributed by atoms with E-state index in [9.17, 15) is 20.4 Å². The van der Waals surface area contributed by atoms with Crippen molar-refractivity contribution in [1.82, 2.24) is 0 Å². The number of nitrogens with two attached hydrogens (primary N) is 6. The molecule has 3 saturated heterocycles. The Bertz CT molecular complexity index is 690. The molecule has 3 fully saturated rings. The van der Waals surface area contributed by atoms with Crippen LogP contribution in [0.25, 0.3) is 0 Å². The summed E-state index contributed by atoms with van der Waals surface area (Å²) in [5.74, 6) is 0. The second-order valence-corrected chi connectivity index (χ2v) is 8.97. The van der Waals surface area contributed by atoms with Crippen molar-refractivity contribution in [2.24, 2.45) is 34.4 Å². The third-order valence-electron chi connectivity index (χ3n) is 6.70. The van der Waals surface area contributed by atoms with Crippen molar-refractivity contribution in [3.05, 3.63) is 0 Å². The molecule has 0 spiro atoms. The number of hydrogen-bond acceptors (Lipinski definition) is 16. The van der Waals surface area contributed by atoms with E-state index in [0.717, 1.165) is 0 Å². The van der Waals surface area contributed by atoms with Crippen LogP contribution in [0.4, 0.5) is 0 Å². The predicted octanol–water partition coefficient (Wildman–Crippen LogP) is -4.59. The van der Waals surface area contributed by atoms with Crippen LogP contribution in [0.2, 0.25) is 0 Å². The smallest absolute Gasteiger partial charge is 0.176 e. The molecule has 0 aliphatic carbocycles. The second-order valence-electron chi connectivity index (χ2n) is 8.97. The average Bonchev–Trinajstić information content (AvgIpc) is 2.86. The van der Waals surface area contributed by atoms with E-state index >= 15 is 0 Å². The summed E-state index contributed by atoms with van der Waals surface area (Å²) in [6.45, 7) is -0.264. The summed E-state index contributed by atoms with van der Waals surface area (Å²) in [7, 11) is 1.38. The Hall–Kier alpha value is 1.10. The van der Waals surface area contributed by atoms with E-state index in [-0.39, 0.29) is 94.1 Å². The highest BCUT2D eigenvalue weighted by Crippen LogP contribution is 2.31. The lowest BCUT2D eigenvalue weighted by molar-refractivity contribution is -0.342. The zero-order valence-electron chi connectivity index (χ0n) is 21.9. The van der Waals surface area contributed by atoms with Gasteiger partial charge in [-0.1, -0.05) is 0 Å². The fourth-order valence-corrected chi connectivity index (χ4v) is 4.51. The first-order chi connectivity index (χ1) is 16.6. The van der Waals surface area contributed by atoms with Crippen LogP contribution in [0.3, 0.4) is 0 Å². The maximum absolute atomic E-state index is 11.0. The van der Waals surface area contributed by atoms with Crippen molar-refractivity contribution in [3.8, 4) is 0 Å². The van der Waals surface area contributed by atoms with Gasteiger partial charge in [0.25, 0.3) is 0 Å². The van der Waals surface area contributed by atoms with Crippen LogP contribution in [-0.2, 0) is 28.4 Å². The van der Waals surface area contributed by atoms with Gasteiger partial charge in [-0.2, -0.15) is 0 Å². The summed E-state index contributed by atoms with van der Waals surface area (Å²) in [4.78, 5) is 0. The lowest BCUT2D eigenvalue weighted by Gasteiger charge is -2.49.